The maximum absolute atomic E-state index is 12.3. The van der Waals surface area contributed by atoms with Crippen LogP contribution in [0.3, 0.4) is 0 Å². The third kappa shape index (κ3) is 2.77. The van der Waals surface area contributed by atoms with Crippen molar-refractivity contribution in [3.8, 4) is 11.6 Å². The highest BCUT2D eigenvalue weighted by Crippen LogP contribution is 2.21. The van der Waals surface area contributed by atoms with E-state index in [1.54, 1.807) is 24.5 Å². The molecule has 0 radical (unpaired) electrons. The van der Waals surface area contributed by atoms with E-state index in [4.69, 9.17) is 4.74 Å². The lowest BCUT2D eigenvalue weighted by molar-refractivity contribution is 0.0792. The average molecular weight is 269 g/mol. The average Bonchev–Trinajstić information content (AvgIpc) is 3.02. The van der Waals surface area contributed by atoms with Crippen molar-refractivity contribution >= 4 is 5.91 Å². The molecule has 2 heterocycles. The molecule has 0 aliphatic carbocycles. The molecule has 1 amide bonds. The molecule has 1 aromatic carbocycles. The van der Waals surface area contributed by atoms with Gasteiger partial charge in [0.2, 0.25) is 5.88 Å². The van der Waals surface area contributed by atoms with E-state index in [-0.39, 0.29) is 5.91 Å². The van der Waals surface area contributed by atoms with E-state index in [2.05, 4.69) is 9.97 Å². The number of nitrogens with zero attached hydrogens (tertiary/aromatic N) is 3. The Kier molecular flexibility index (Phi) is 3.58. The predicted molar refractivity (Wildman–Crippen MR) is 73.7 cm³/mol. The summed E-state index contributed by atoms with van der Waals surface area (Å²) in [4.78, 5) is 22.2. The van der Waals surface area contributed by atoms with Crippen molar-refractivity contribution in [2.45, 2.75) is 12.8 Å². The van der Waals surface area contributed by atoms with Crippen LogP contribution in [0.25, 0.3) is 0 Å². The van der Waals surface area contributed by atoms with Crippen molar-refractivity contribution in [3.63, 3.8) is 0 Å². The van der Waals surface area contributed by atoms with E-state index in [1.165, 1.54) is 6.20 Å². The molecule has 20 heavy (non-hydrogen) atoms. The molecule has 1 fully saturated rings. The summed E-state index contributed by atoms with van der Waals surface area (Å²) in [5, 5.41) is 0. The molecule has 0 N–H and O–H groups in total. The Balaban J connectivity index is 1.77. The molecule has 2 aromatic rings. The Labute approximate surface area is 117 Å². The van der Waals surface area contributed by atoms with Crippen LogP contribution in [0.5, 0.6) is 11.6 Å². The molecule has 0 spiro atoms. The standard InChI is InChI=1S/C15H15N3O2/c19-15(18-8-1-2-9-18)12-4-3-5-13(10-12)20-14-11-16-6-7-17-14/h3-7,10-11H,1-2,8-9H2. The quantitative estimate of drug-likeness (QED) is 0.859. The van der Waals surface area contributed by atoms with Gasteiger partial charge >= 0.3 is 0 Å². The van der Waals surface area contributed by atoms with Gasteiger partial charge < -0.3 is 9.64 Å². The molecule has 1 aliphatic rings. The summed E-state index contributed by atoms with van der Waals surface area (Å²) in [6.45, 7) is 1.68. The summed E-state index contributed by atoms with van der Waals surface area (Å²) in [6.07, 6.45) is 6.85. The maximum Gasteiger partial charge on any atom is 0.253 e. The Bertz CT molecular complexity index is 595. The number of carbonyl (C=O) groups is 1. The Morgan fingerprint density at radius 1 is 1.20 bits per heavy atom. The highest BCUT2D eigenvalue weighted by molar-refractivity contribution is 5.94. The van der Waals surface area contributed by atoms with Crippen LogP contribution in [0.1, 0.15) is 23.2 Å². The second-order valence-corrected chi connectivity index (χ2v) is 4.67. The van der Waals surface area contributed by atoms with Crippen LogP contribution < -0.4 is 4.74 Å². The van der Waals surface area contributed by atoms with E-state index < -0.39 is 0 Å². The van der Waals surface area contributed by atoms with Gasteiger partial charge in [-0.2, -0.15) is 0 Å². The SMILES string of the molecule is O=C(c1cccc(Oc2cnccn2)c1)N1CCCC1. The number of hydrogen-bond donors (Lipinski definition) is 0. The van der Waals surface area contributed by atoms with Gasteiger partial charge in [0, 0.05) is 31.0 Å². The number of aromatic nitrogens is 2. The van der Waals surface area contributed by atoms with Gasteiger partial charge in [0.05, 0.1) is 6.20 Å². The summed E-state index contributed by atoms with van der Waals surface area (Å²) in [7, 11) is 0. The van der Waals surface area contributed by atoms with Crippen molar-refractivity contribution in [1.29, 1.82) is 0 Å². The summed E-state index contributed by atoms with van der Waals surface area (Å²) < 4.78 is 5.59. The van der Waals surface area contributed by atoms with E-state index in [9.17, 15) is 4.79 Å². The first-order chi connectivity index (χ1) is 9.83. The van der Waals surface area contributed by atoms with Gasteiger partial charge in [0.25, 0.3) is 5.91 Å². The molecule has 1 aromatic heterocycles. The van der Waals surface area contributed by atoms with Crippen molar-refractivity contribution in [2.24, 2.45) is 0 Å². The number of rotatable bonds is 3. The summed E-state index contributed by atoms with van der Waals surface area (Å²) in [5.74, 6) is 1.07. The molecule has 3 rings (SSSR count). The van der Waals surface area contributed by atoms with Crippen molar-refractivity contribution in [1.82, 2.24) is 14.9 Å². The number of hydrogen-bond acceptors (Lipinski definition) is 4. The third-order valence-corrected chi connectivity index (χ3v) is 3.24. The van der Waals surface area contributed by atoms with Crippen LogP contribution in [0.4, 0.5) is 0 Å². The first kappa shape index (κ1) is 12.6. The molecule has 1 aliphatic heterocycles. The lowest BCUT2D eigenvalue weighted by Gasteiger charge is -2.15. The molecular formula is C15H15N3O2. The fraction of sp³-hybridized carbons (Fsp3) is 0.267. The lowest BCUT2D eigenvalue weighted by Crippen LogP contribution is -2.27. The second-order valence-electron chi connectivity index (χ2n) is 4.67. The fourth-order valence-electron chi connectivity index (χ4n) is 2.25. The first-order valence-electron chi connectivity index (χ1n) is 6.66. The van der Waals surface area contributed by atoms with Gasteiger partial charge in [-0.15, -0.1) is 0 Å². The van der Waals surface area contributed by atoms with E-state index in [0.29, 0.717) is 17.2 Å². The molecule has 102 valence electrons. The largest absolute Gasteiger partial charge is 0.437 e. The maximum atomic E-state index is 12.3. The van der Waals surface area contributed by atoms with Gasteiger partial charge in [-0.25, -0.2) is 4.98 Å². The van der Waals surface area contributed by atoms with Crippen molar-refractivity contribution in [3.05, 3.63) is 48.4 Å². The molecule has 0 bridgehead atoms. The predicted octanol–water partition coefficient (Wildman–Crippen LogP) is 2.50. The Morgan fingerprint density at radius 3 is 2.80 bits per heavy atom. The minimum atomic E-state index is 0.0621. The highest BCUT2D eigenvalue weighted by Gasteiger charge is 2.19. The number of carbonyl (C=O) groups excluding carboxylic acids is 1. The normalized spacial score (nSPS) is 14.3. The van der Waals surface area contributed by atoms with E-state index in [0.717, 1.165) is 25.9 Å². The number of amides is 1. The van der Waals surface area contributed by atoms with Crippen molar-refractivity contribution in [2.75, 3.05) is 13.1 Å². The van der Waals surface area contributed by atoms with Crippen LogP contribution in [-0.4, -0.2) is 33.9 Å². The van der Waals surface area contributed by atoms with Gasteiger partial charge in [-0.1, -0.05) is 6.07 Å². The van der Waals surface area contributed by atoms with Crippen LogP contribution in [0.2, 0.25) is 0 Å². The van der Waals surface area contributed by atoms with E-state index in [1.807, 2.05) is 17.0 Å². The van der Waals surface area contributed by atoms with Crippen LogP contribution in [0, 0.1) is 0 Å². The summed E-state index contributed by atoms with van der Waals surface area (Å²) in [5.41, 5.74) is 0.647. The Morgan fingerprint density at radius 2 is 2.05 bits per heavy atom. The third-order valence-electron chi connectivity index (χ3n) is 3.24. The minimum Gasteiger partial charge on any atom is -0.437 e. The summed E-state index contributed by atoms with van der Waals surface area (Å²) >= 11 is 0. The zero-order chi connectivity index (χ0) is 13.8. The molecule has 5 nitrogen and oxygen atoms in total. The van der Waals surface area contributed by atoms with Gasteiger partial charge in [0.1, 0.15) is 5.75 Å². The van der Waals surface area contributed by atoms with Gasteiger partial charge in [-0.3, -0.25) is 9.78 Å². The zero-order valence-electron chi connectivity index (χ0n) is 11.0. The number of likely N-dealkylation sites (tertiary alicyclic amines) is 1. The van der Waals surface area contributed by atoms with E-state index >= 15 is 0 Å². The number of ether oxygens (including phenoxy) is 1. The topological polar surface area (TPSA) is 55.3 Å². The molecular weight excluding hydrogens is 254 g/mol. The molecule has 0 atom stereocenters. The molecule has 0 unspecified atom stereocenters. The lowest BCUT2D eigenvalue weighted by atomic mass is 10.2. The number of benzene rings is 1. The molecule has 1 saturated heterocycles. The highest BCUT2D eigenvalue weighted by atomic mass is 16.5. The Hall–Kier alpha value is -2.43. The summed E-state index contributed by atoms with van der Waals surface area (Å²) in [6, 6.07) is 7.17. The molecule has 5 heteroatoms. The fourth-order valence-corrected chi connectivity index (χ4v) is 2.25. The first-order valence-corrected chi connectivity index (χ1v) is 6.66. The minimum absolute atomic E-state index is 0.0621. The van der Waals surface area contributed by atoms with Crippen molar-refractivity contribution < 1.29 is 9.53 Å². The second kappa shape index (κ2) is 5.69. The molecule has 0 saturated carbocycles. The van der Waals surface area contributed by atoms with Gasteiger partial charge in [-0.05, 0) is 31.0 Å². The zero-order valence-corrected chi connectivity index (χ0v) is 11.0. The van der Waals surface area contributed by atoms with Crippen LogP contribution in [-0.2, 0) is 0 Å². The van der Waals surface area contributed by atoms with Crippen LogP contribution in [0.15, 0.2) is 42.9 Å². The monoisotopic (exact) mass is 269 g/mol. The van der Waals surface area contributed by atoms with Gasteiger partial charge in [0.15, 0.2) is 0 Å². The van der Waals surface area contributed by atoms with Crippen LogP contribution >= 0.6 is 0 Å². The smallest absolute Gasteiger partial charge is 0.253 e.